The first-order valence-corrected chi connectivity index (χ1v) is 33.6. The van der Waals surface area contributed by atoms with Gasteiger partial charge < -0.3 is 0 Å². The van der Waals surface area contributed by atoms with Gasteiger partial charge in [0, 0.05) is 53.0 Å². The molecule has 0 saturated heterocycles. The lowest BCUT2D eigenvalue weighted by atomic mass is 9.67. The van der Waals surface area contributed by atoms with Gasteiger partial charge in [-0.1, -0.05) is 321 Å². The molecule has 438 valence electrons. The summed E-state index contributed by atoms with van der Waals surface area (Å²) < 4.78 is 0. The Morgan fingerprint density at radius 3 is 1.11 bits per heavy atom. The Labute approximate surface area is 554 Å². The third-order valence-corrected chi connectivity index (χ3v) is 22.1. The van der Waals surface area contributed by atoms with E-state index in [1.54, 1.807) is 0 Å². The first kappa shape index (κ1) is 54.5. The van der Waals surface area contributed by atoms with Gasteiger partial charge in [-0.25, -0.2) is 19.9 Å². The molecule has 2 spiro atoms. The number of rotatable bonds is 8. The highest BCUT2D eigenvalue weighted by molar-refractivity contribution is 8.00. The van der Waals surface area contributed by atoms with Crippen molar-refractivity contribution in [1.29, 1.82) is 0 Å². The molecule has 2 aliphatic carbocycles. The van der Waals surface area contributed by atoms with Crippen LogP contribution in [0.25, 0.3) is 112 Å². The summed E-state index contributed by atoms with van der Waals surface area (Å²) >= 11 is 3.74. The lowest BCUT2D eigenvalue weighted by Gasteiger charge is -2.40. The van der Waals surface area contributed by atoms with Crippen molar-refractivity contribution in [1.82, 2.24) is 19.9 Å². The maximum absolute atomic E-state index is 5.62. The van der Waals surface area contributed by atoms with Gasteiger partial charge in [0.25, 0.3) is 0 Å². The molecule has 0 amide bonds. The zero-order valence-electron chi connectivity index (χ0n) is 50.8. The third-order valence-electron chi connectivity index (χ3n) is 19.7. The second-order valence-corrected chi connectivity index (χ2v) is 26.7. The molecule has 0 N–H and O–H groups in total. The number of fused-ring (bicyclic) bond motifs is 18. The summed E-state index contributed by atoms with van der Waals surface area (Å²) in [6, 6.07) is 119. The molecule has 4 nitrogen and oxygen atoms in total. The fourth-order valence-electron chi connectivity index (χ4n) is 15.7. The monoisotopic (exact) mass is 1230 g/mol. The van der Waals surface area contributed by atoms with Crippen molar-refractivity contribution in [3.63, 3.8) is 0 Å². The van der Waals surface area contributed by atoms with E-state index in [2.05, 4.69) is 322 Å². The summed E-state index contributed by atoms with van der Waals surface area (Å²) in [4.78, 5) is 26.9. The van der Waals surface area contributed by atoms with Crippen LogP contribution in [-0.4, -0.2) is 19.9 Å². The zero-order chi connectivity index (χ0) is 61.9. The van der Waals surface area contributed by atoms with Crippen LogP contribution >= 0.6 is 23.5 Å². The predicted molar refractivity (Wildman–Crippen MR) is 384 cm³/mol. The van der Waals surface area contributed by atoms with Crippen molar-refractivity contribution in [2.24, 2.45) is 0 Å². The molecular formula is C88H54N4S2. The lowest BCUT2D eigenvalue weighted by Crippen LogP contribution is -2.32. The van der Waals surface area contributed by atoms with Crippen LogP contribution in [0.2, 0.25) is 0 Å². The summed E-state index contributed by atoms with van der Waals surface area (Å²) in [5, 5.41) is 0. The minimum absolute atomic E-state index is 0.521. The second-order valence-electron chi connectivity index (χ2n) is 24.6. The summed E-state index contributed by atoms with van der Waals surface area (Å²) in [7, 11) is 0. The van der Waals surface area contributed by atoms with Crippen LogP contribution in [-0.2, 0) is 10.8 Å². The van der Waals surface area contributed by atoms with Crippen LogP contribution in [0.1, 0.15) is 44.5 Å². The Balaban J connectivity index is 0.747. The van der Waals surface area contributed by atoms with Crippen LogP contribution in [0.4, 0.5) is 0 Å². The second kappa shape index (κ2) is 21.7. The van der Waals surface area contributed by atoms with Crippen molar-refractivity contribution in [3.05, 3.63) is 372 Å². The van der Waals surface area contributed by atoms with Crippen LogP contribution < -0.4 is 0 Å². The maximum Gasteiger partial charge on any atom is 0.161 e. The van der Waals surface area contributed by atoms with E-state index in [-0.39, 0.29) is 0 Å². The summed E-state index contributed by atoms with van der Waals surface area (Å²) in [6.45, 7) is 0. The van der Waals surface area contributed by atoms with E-state index in [4.69, 9.17) is 19.9 Å². The molecule has 2 aliphatic heterocycles. The number of hydrogen-bond acceptors (Lipinski definition) is 6. The van der Waals surface area contributed by atoms with Crippen molar-refractivity contribution >= 4 is 23.5 Å². The highest BCUT2D eigenvalue weighted by Crippen LogP contribution is 2.66. The van der Waals surface area contributed by atoms with Crippen LogP contribution in [0.5, 0.6) is 0 Å². The van der Waals surface area contributed by atoms with E-state index < -0.39 is 10.8 Å². The van der Waals surface area contributed by atoms with Gasteiger partial charge >= 0.3 is 0 Å². The lowest BCUT2D eigenvalue weighted by molar-refractivity contribution is 0.722. The molecule has 6 heteroatoms. The predicted octanol–water partition coefficient (Wildman–Crippen LogP) is 22.3. The Bertz CT molecular complexity index is 5510. The minimum atomic E-state index is -0.647. The van der Waals surface area contributed by atoms with E-state index in [1.165, 1.54) is 97.5 Å². The number of aromatic nitrogens is 4. The van der Waals surface area contributed by atoms with Crippen LogP contribution in [0.15, 0.2) is 347 Å². The van der Waals surface area contributed by atoms with E-state index in [9.17, 15) is 0 Å². The fraction of sp³-hybridized carbons (Fsp3) is 0.0227. The molecule has 0 radical (unpaired) electrons. The topological polar surface area (TPSA) is 51.6 Å². The summed E-state index contributed by atoms with van der Waals surface area (Å²) in [5.41, 5.74) is 28.1. The number of benzene rings is 13. The first-order valence-electron chi connectivity index (χ1n) is 32.0. The molecule has 1 atom stereocenters. The zero-order valence-corrected chi connectivity index (χ0v) is 52.4. The standard InChI is InChI=1S/C88H54N4S2/c1-4-23-55(24-5-1)56-45-49-59(50-46-56)77-54-78(92-85(89-77)61-27-8-3-9-28-61)65-32-21-39-72-82(65)63-29-10-13-35-68(63)88(72)71-38-16-19-44-81(71)94-84-62(31-20-41-74(84)88)57-47-51-60(52-48-57)76-53-75(58-25-6-2-7-26-58)90-86(91-76)66-33-22-40-73-83(66)64-30-11-12-34-67(64)87(73)69-36-14-17-42-79(69)93-80-43-18-15-37-70(80)87/h1-54H. The number of nitrogens with zero attached hydrogens (tertiary/aromatic N) is 4. The fourth-order valence-corrected chi connectivity index (χ4v) is 18.2. The molecule has 2 aromatic heterocycles. The third kappa shape index (κ3) is 8.23. The van der Waals surface area contributed by atoms with Gasteiger partial charge in [-0.05, 0) is 119 Å². The molecule has 19 rings (SSSR count). The average molecular weight is 1230 g/mol. The van der Waals surface area contributed by atoms with E-state index in [0.717, 1.165) is 67.3 Å². The van der Waals surface area contributed by atoms with Gasteiger partial charge in [-0.3, -0.25) is 0 Å². The molecule has 1 unspecified atom stereocenters. The van der Waals surface area contributed by atoms with Gasteiger partial charge in [0.15, 0.2) is 11.6 Å². The van der Waals surface area contributed by atoms with Crippen LogP contribution in [0.3, 0.4) is 0 Å². The molecule has 0 saturated carbocycles. The largest absolute Gasteiger partial charge is 0.228 e. The first-order chi connectivity index (χ1) is 46.6. The van der Waals surface area contributed by atoms with Crippen molar-refractivity contribution in [2.75, 3.05) is 0 Å². The van der Waals surface area contributed by atoms with E-state index in [1.807, 2.05) is 29.6 Å². The van der Waals surface area contributed by atoms with Gasteiger partial charge in [0.2, 0.25) is 0 Å². The minimum Gasteiger partial charge on any atom is -0.228 e. The molecule has 4 heterocycles. The normalized spacial score (nSPS) is 14.6. The van der Waals surface area contributed by atoms with Gasteiger partial charge in [0.05, 0.1) is 33.6 Å². The van der Waals surface area contributed by atoms with E-state index >= 15 is 0 Å². The molecule has 13 aromatic carbocycles. The molecular weight excluding hydrogens is 1180 g/mol. The Morgan fingerprint density at radius 2 is 0.543 bits per heavy atom. The van der Waals surface area contributed by atoms with Crippen LogP contribution in [0, 0.1) is 0 Å². The van der Waals surface area contributed by atoms with Gasteiger partial charge in [0.1, 0.15) is 0 Å². The summed E-state index contributed by atoms with van der Waals surface area (Å²) in [5.74, 6) is 1.38. The average Bonchev–Trinajstić information content (AvgIpc) is 1.50. The Kier molecular flexibility index (Phi) is 12.6. The quantitative estimate of drug-likeness (QED) is 0.151. The SMILES string of the molecule is c1ccc(-c2ccc(-c3cc(-c4cccc5c4-c4ccccc4C54c5ccccc5Sc5c(-c6ccc(-c7cc(-c8ccccc8)nc(-c8cccc9c8-c8ccccc8C98c9ccccc9Sc9ccccc98)n7)cc6)cccc54)nc(-c4ccccc4)n3)cc2)cc1. The van der Waals surface area contributed by atoms with Crippen molar-refractivity contribution < 1.29 is 0 Å². The smallest absolute Gasteiger partial charge is 0.161 e. The van der Waals surface area contributed by atoms with E-state index in [0.29, 0.717) is 11.6 Å². The molecule has 0 fully saturated rings. The Morgan fingerprint density at radius 1 is 0.202 bits per heavy atom. The molecule has 4 aliphatic rings. The number of hydrogen-bond donors (Lipinski definition) is 0. The molecule has 15 aromatic rings. The Hall–Kier alpha value is -11.3. The van der Waals surface area contributed by atoms with Gasteiger partial charge in [-0.15, -0.1) is 0 Å². The highest BCUT2D eigenvalue weighted by atomic mass is 32.2. The maximum atomic E-state index is 5.62. The highest BCUT2D eigenvalue weighted by Gasteiger charge is 2.53. The summed E-state index contributed by atoms with van der Waals surface area (Å²) in [6.07, 6.45) is 0. The van der Waals surface area contributed by atoms with Crippen molar-refractivity contribution in [2.45, 2.75) is 30.4 Å². The van der Waals surface area contributed by atoms with Gasteiger partial charge in [-0.2, -0.15) is 0 Å². The molecule has 94 heavy (non-hydrogen) atoms. The van der Waals surface area contributed by atoms with Crippen molar-refractivity contribution in [3.8, 4) is 112 Å². The molecule has 0 bridgehead atoms.